The van der Waals surface area contributed by atoms with Crippen LogP contribution < -0.4 is 0 Å². The molecule has 0 bridgehead atoms. The van der Waals surface area contributed by atoms with E-state index in [1.807, 2.05) is 0 Å². The minimum Gasteiger partial charge on any atom is -0.478 e. The summed E-state index contributed by atoms with van der Waals surface area (Å²) in [7, 11) is 0. The monoisotopic (exact) mass is 170 g/mol. The van der Waals surface area contributed by atoms with Gasteiger partial charge in [0.25, 0.3) is 0 Å². The minimum absolute atomic E-state index is 0.377. The van der Waals surface area contributed by atoms with Crippen molar-refractivity contribution in [2.45, 2.75) is 32.3 Å². The fourth-order valence-electron chi connectivity index (χ4n) is 1.04. The van der Waals surface area contributed by atoms with E-state index < -0.39 is 5.97 Å². The number of carbonyl (C=O) groups is 1. The Bertz CT molecular complexity index is 192. The van der Waals surface area contributed by atoms with Crippen LogP contribution >= 0.6 is 0 Å². The van der Waals surface area contributed by atoms with E-state index in [1.165, 1.54) is 12.5 Å². The highest BCUT2D eigenvalue weighted by Crippen LogP contribution is 2.22. The smallest absolute Gasteiger partial charge is 0.328 e. The predicted molar refractivity (Wildman–Crippen MR) is 45.0 cm³/mol. The zero-order valence-electron chi connectivity index (χ0n) is 7.25. The van der Waals surface area contributed by atoms with E-state index in [0.29, 0.717) is 12.7 Å². The molecule has 12 heavy (non-hydrogen) atoms. The summed E-state index contributed by atoms with van der Waals surface area (Å²) >= 11 is 0. The highest BCUT2D eigenvalue weighted by Gasteiger charge is 2.17. The molecule has 0 aliphatic heterocycles. The van der Waals surface area contributed by atoms with Crippen molar-refractivity contribution in [2.24, 2.45) is 0 Å². The number of hydrogen-bond donors (Lipinski definition) is 1. The maximum Gasteiger partial charge on any atom is 0.328 e. The Morgan fingerprint density at radius 3 is 2.75 bits per heavy atom. The molecule has 68 valence electrons. The summed E-state index contributed by atoms with van der Waals surface area (Å²) in [5.41, 5.74) is 0.773. The van der Waals surface area contributed by atoms with Gasteiger partial charge in [0.15, 0.2) is 0 Å². The van der Waals surface area contributed by atoms with Crippen molar-refractivity contribution < 1.29 is 14.6 Å². The van der Waals surface area contributed by atoms with E-state index in [0.717, 1.165) is 18.4 Å². The van der Waals surface area contributed by atoms with E-state index >= 15 is 0 Å². The number of carboxylic acid groups (broad SMARTS) is 1. The molecular formula is C9H14O3. The quantitative estimate of drug-likeness (QED) is 0.651. The molecule has 0 spiro atoms. The molecule has 0 aromatic rings. The van der Waals surface area contributed by atoms with Crippen LogP contribution in [-0.4, -0.2) is 23.8 Å². The molecule has 0 radical (unpaired) electrons. The molecule has 0 heterocycles. The average molecular weight is 170 g/mol. The second-order valence-corrected chi connectivity index (χ2v) is 3.19. The molecular weight excluding hydrogens is 156 g/mol. The number of carboxylic acids is 1. The summed E-state index contributed by atoms with van der Waals surface area (Å²) in [6, 6.07) is 0. The van der Waals surface area contributed by atoms with Crippen LogP contribution in [0.1, 0.15) is 26.2 Å². The zero-order chi connectivity index (χ0) is 8.97. The van der Waals surface area contributed by atoms with Gasteiger partial charge in [0, 0.05) is 6.08 Å². The Kier molecular flexibility index (Phi) is 3.29. The van der Waals surface area contributed by atoms with Crippen molar-refractivity contribution in [3.8, 4) is 0 Å². The summed E-state index contributed by atoms with van der Waals surface area (Å²) < 4.78 is 5.41. The van der Waals surface area contributed by atoms with Gasteiger partial charge in [0.05, 0.1) is 12.7 Å². The van der Waals surface area contributed by atoms with Crippen molar-refractivity contribution >= 4 is 5.97 Å². The number of ether oxygens (including phenoxy) is 1. The van der Waals surface area contributed by atoms with E-state index in [4.69, 9.17) is 9.84 Å². The van der Waals surface area contributed by atoms with E-state index in [9.17, 15) is 4.79 Å². The Hall–Kier alpha value is -0.830. The lowest BCUT2D eigenvalue weighted by Crippen LogP contribution is -2.22. The molecule has 0 amide bonds. The molecule has 1 rings (SSSR count). The lowest BCUT2D eigenvalue weighted by Gasteiger charge is -2.25. The number of aliphatic carboxylic acids is 1. The molecule has 1 aliphatic rings. The summed E-state index contributed by atoms with van der Waals surface area (Å²) in [6.07, 6.45) is 5.06. The van der Waals surface area contributed by atoms with Gasteiger partial charge in [-0.15, -0.1) is 0 Å². The van der Waals surface area contributed by atoms with Gasteiger partial charge in [-0.25, -0.2) is 4.79 Å². The van der Waals surface area contributed by atoms with Crippen molar-refractivity contribution in [1.29, 1.82) is 0 Å². The molecule has 0 aromatic carbocycles. The van der Waals surface area contributed by atoms with Crippen LogP contribution in [0.5, 0.6) is 0 Å². The maximum absolute atomic E-state index is 10.2. The molecule has 3 nitrogen and oxygen atoms in total. The van der Waals surface area contributed by atoms with Gasteiger partial charge in [0.2, 0.25) is 0 Å². The molecule has 1 saturated carbocycles. The highest BCUT2D eigenvalue weighted by molar-refractivity contribution is 5.80. The van der Waals surface area contributed by atoms with Gasteiger partial charge in [-0.3, -0.25) is 0 Å². The molecule has 3 heteroatoms. The summed E-state index contributed by atoms with van der Waals surface area (Å²) in [6.45, 7) is 2.23. The fraction of sp³-hybridized carbons (Fsp3) is 0.667. The van der Waals surface area contributed by atoms with Gasteiger partial charge >= 0.3 is 5.97 Å². The molecule has 1 N–H and O–H groups in total. The number of hydrogen-bond acceptors (Lipinski definition) is 2. The van der Waals surface area contributed by atoms with E-state index in [-0.39, 0.29) is 0 Å². The highest BCUT2D eigenvalue weighted by atomic mass is 16.5. The summed E-state index contributed by atoms with van der Waals surface area (Å²) in [5, 5.41) is 8.39. The van der Waals surface area contributed by atoms with Crippen LogP contribution in [0.3, 0.4) is 0 Å². The SMILES string of the molecule is CC(=CC(=O)O)COC1CCC1. The van der Waals surface area contributed by atoms with Crippen molar-refractivity contribution in [3.63, 3.8) is 0 Å². The Morgan fingerprint density at radius 1 is 1.67 bits per heavy atom. The zero-order valence-corrected chi connectivity index (χ0v) is 7.25. The molecule has 0 atom stereocenters. The maximum atomic E-state index is 10.2. The Balaban J connectivity index is 2.16. The first-order chi connectivity index (χ1) is 5.68. The Morgan fingerprint density at radius 2 is 2.33 bits per heavy atom. The van der Waals surface area contributed by atoms with Crippen LogP contribution in [0.4, 0.5) is 0 Å². The lowest BCUT2D eigenvalue weighted by molar-refractivity contribution is -0.131. The molecule has 1 aliphatic carbocycles. The topological polar surface area (TPSA) is 46.5 Å². The first kappa shape index (κ1) is 9.26. The van der Waals surface area contributed by atoms with E-state index in [1.54, 1.807) is 6.92 Å². The second-order valence-electron chi connectivity index (χ2n) is 3.19. The molecule has 0 unspecified atom stereocenters. The van der Waals surface area contributed by atoms with Crippen LogP contribution in [0, 0.1) is 0 Å². The summed E-state index contributed by atoms with van der Waals surface area (Å²) in [4.78, 5) is 10.2. The normalized spacial score (nSPS) is 18.9. The van der Waals surface area contributed by atoms with Crippen molar-refractivity contribution in [3.05, 3.63) is 11.6 Å². The van der Waals surface area contributed by atoms with Gasteiger partial charge in [-0.2, -0.15) is 0 Å². The van der Waals surface area contributed by atoms with Gasteiger partial charge in [-0.1, -0.05) is 0 Å². The molecule has 1 fully saturated rings. The van der Waals surface area contributed by atoms with Crippen LogP contribution in [0.25, 0.3) is 0 Å². The lowest BCUT2D eigenvalue weighted by atomic mass is 9.96. The Labute approximate surface area is 72.0 Å². The third-order valence-corrected chi connectivity index (χ3v) is 1.97. The average Bonchev–Trinajstić information content (AvgIpc) is 1.81. The first-order valence-electron chi connectivity index (χ1n) is 4.20. The van der Waals surface area contributed by atoms with Crippen LogP contribution in [0.15, 0.2) is 11.6 Å². The molecule has 0 saturated heterocycles. The van der Waals surface area contributed by atoms with Crippen molar-refractivity contribution in [1.82, 2.24) is 0 Å². The second kappa shape index (κ2) is 4.26. The van der Waals surface area contributed by atoms with Crippen molar-refractivity contribution in [2.75, 3.05) is 6.61 Å². The largest absolute Gasteiger partial charge is 0.478 e. The first-order valence-corrected chi connectivity index (χ1v) is 4.20. The van der Waals surface area contributed by atoms with E-state index in [2.05, 4.69) is 0 Å². The molecule has 0 aromatic heterocycles. The van der Waals surface area contributed by atoms with Gasteiger partial charge in [0.1, 0.15) is 0 Å². The standard InChI is InChI=1S/C9H14O3/c1-7(5-9(10)11)6-12-8-3-2-4-8/h5,8H,2-4,6H2,1H3,(H,10,11). The predicted octanol–water partition coefficient (Wildman–Crippen LogP) is 1.59. The van der Waals surface area contributed by atoms with Gasteiger partial charge in [-0.05, 0) is 31.8 Å². The van der Waals surface area contributed by atoms with Crippen LogP contribution in [-0.2, 0) is 9.53 Å². The third kappa shape index (κ3) is 3.05. The summed E-state index contributed by atoms with van der Waals surface area (Å²) in [5.74, 6) is -0.898. The fourth-order valence-corrected chi connectivity index (χ4v) is 1.04. The van der Waals surface area contributed by atoms with Crippen LogP contribution in [0.2, 0.25) is 0 Å². The van der Waals surface area contributed by atoms with Gasteiger partial charge < -0.3 is 9.84 Å². The minimum atomic E-state index is -0.898. The number of rotatable bonds is 4. The third-order valence-electron chi connectivity index (χ3n) is 1.97.